The number of carboxylic acids is 1. The van der Waals surface area contributed by atoms with Crippen molar-refractivity contribution in [1.29, 1.82) is 0 Å². The molecule has 1 rings (SSSR count). The molecule has 0 fully saturated rings. The minimum Gasteiger partial charge on any atom is -0.490 e. The smallest absolute Gasteiger partial charge is 0.306 e. The molecule has 3 N–H and O–H groups in total. The van der Waals surface area contributed by atoms with Crippen LogP contribution in [0.3, 0.4) is 0 Å². The number of carbonyl (C=O) groups is 1. The Morgan fingerprint density at radius 3 is 2.80 bits per heavy atom. The Balaban J connectivity index is 2.58. The molecule has 0 aliphatic heterocycles. The van der Waals surface area contributed by atoms with Gasteiger partial charge in [0.1, 0.15) is 0 Å². The Morgan fingerprint density at radius 1 is 1.53 bits per heavy atom. The summed E-state index contributed by atoms with van der Waals surface area (Å²) in [5, 5.41) is 8.35. The maximum Gasteiger partial charge on any atom is 0.306 e. The molecule has 1 aromatic rings. The van der Waals surface area contributed by atoms with E-state index in [0.717, 1.165) is 0 Å². The fraction of sp³-hybridized carbons (Fsp3) is 0.300. The second-order valence-corrected chi connectivity index (χ2v) is 2.96. The summed E-state index contributed by atoms with van der Waals surface area (Å²) in [6.07, 6.45) is -0.155. The molecule has 82 valence electrons. The minimum absolute atomic E-state index is 0.0474. The van der Waals surface area contributed by atoms with Gasteiger partial charge in [0.15, 0.2) is 11.6 Å². The van der Waals surface area contributed by atoms with Crippen molar-refractivity contribution in [3.05, 3.63) is 29.6 Å². The molecular weight excluding hydrogens is 201 g/mol. The van der Waals surface area contributed by atoms with Gasteiger partial charge in [-0.1, -0.05) is 6.07 Å². The zero-order valence-electron chi connectivity index (χ0n) is 8.07. The number of rotatable bonds is 5. The summed E-state index contributed by atoms with van der Waals surface area (Å²) in [5.74, 6) is -1.45. The molecule has 0 amide bonds. The molecule has 0 bridgehead atoms. The number of nitrogens with two attached hydrogens (primary N) is 1. The van der Waals surface area contributed by atoms with Crippen LogP contribution in [-0.4, -0.2) is 17.7 Å². The molecule has 0 unspecified atom stereocenters. The summed E-state index contributed by atoms with van der Waals surface area (Å²) in [5.41, 5.74) is 5.99. The van der Waals surface area contributed by atoms with Crippen LogP contribution in [0, 0.1) is 5.82 Å². The zero-order chi connectivity index (χ0) is 11.3. The Hall–Kier alpha value is -1.62. The van der Waals surface area contributed by atoms with Gasteiger partial charge in [-0.05, 0) is 17.7 Å². The van der Waals surface area contributed by atoms with Crippen LogP contribution in [0.5, 0.6) is 5.75 Å². The second kappa shape index (κ2) is 5.31. The van der Waals surface area contributed by atoms with Crippen molar-refractivity contribution < 1.29 is 19.0 Å². The number of ether oxygens (including phenoxy) is 1. The fourth-order valence-corrected chi connectivity index (χ4v) is 1.04. The van der Waals surface area contributed by atoms with Crippen molar-refractivity contribution in [3.8, 4) is 5.75 Å². The average molecular weight is 213 g/mol. The average Bonchev–Trinajstić information content (AvgIpc) is 2.20. The van der Waals surface area contributed by atoms with Crippen molar-refractivity contribution >= 4 is 5.97 Å². The summed E-state index contributed by atoms with van der Waals surface area (Å²) in [4.78, 5) is 10.2. The molecule has 4 nitrogen and oxygen atoms in total. The molecule has 0 aliphatic carbocycles. The first-order chi connectivity index (χ1) is 7.13. The lowest BCUT2D eigenvalue weighted by Crippen LogP contribution is -2.06. The van der Waals surface area contributed by atoms with E-state index in [1.807, 2.05) is 0 Å². The number of aliphatic carboxylic acids is 1. The topological polar surface area (TPSA) is 72.5 Å². The van der Waals surface area contributed by atoms with Crippen LogP contribution in [-0.2, 0) is 11.3 Å². The predicted molar refractivity (Wildman–Crippen MR) is 52.0 cm³/mol. The SMILES string of the molecule is NCc1ccc(OCCC(=O)O)c(F)c1. The summed E-state index contributed by atoms with van der Waals surface area (Å²) >= 11 is 0. The standard InChI is InChI=1S/C10H12FNO3/c11-8-5-7(6-12)1-2-9(8)15-4-3-10(13)14/h1-2,5H,3-4,6,12H2,(H,13,14). The number of carboxylic acid groups (broad SMARTS) is 1. The van der Waals surface area contributed by atoms with Gasteiger partial charge in [-0.25, -0.2) is 4.39 Å². The van der Waals surface area contributed by atoms with Crippen molar-refractivity contribution in [2.45, 2.75) is 13.0 Å². The van der Waals surface area contributed by atoms with Gasteiger partial charge in [0, 0.05) is 6.54 Å². The number of halogens is 1. The van der Waals surface area contributed by atoms with Crippen LogP contribution < -0.4 is 10.5 Å². The summed E-state index contributed by atoms with van der Waals surface area (Å²) < 4.78 is 18.2. The highest BCUT2D eigenvalue weighted by Crippen LogP contribution is 2.18. The van der Waals surface area contributed by atoms with Gasteiger partial charge < -0.3 is 15.6 Å². The molecule has 0 spiro atoms. The first-order valence-corrected chi connectivity index (χ1v) is 4.46. The van der Waals surface area contributed by atoms with Crippen LogP contribution >= 0.6 is 0 Å². The van der Waals surface area contributed by atoms with Crippen LogP contribution in [0.15, 0.2) is 18.2 Å². The third kappa shape index (κ3) is 3.55. The maximum absolute atomic E-state index is 13.2. The minimum atomic E-state index is -0.978. The van der Waals surface area contributed by atoms with Gasteiger partial charge in [0.25, 0.3) is 0 Å². The highest BCUT2D eigenvalue weighted by atomic mass is 19.1. The van der Waals surface area contributed by atoms with Gasteiger partial charge in [0.05, 0.1) is 13.0 Å². The monoisotopic (exact) mass is 213 g/mol. The molecule has 0 radical (unpaired) electrons. The molecule has 0 atom stereocenters. The molecule has 15 heavy (non-hydrogen) atoms. The summed E-state index contributed by atoms with van der Waals surface area (Å²) in [6, 6.07) is 4.36. The number of benzene rings is 1. The van der Waals surface area contributed by atoms with E-state index in [4.69, 9.17) is 15.6 Å². The van der Waals surface area contributed by atoms with E-state index in [0.29, 0.717) is 5.56 Å². The van der Waals surface area contributed by atoms with E-state index < -0.39 is 11.8 Å². The molecule has 1 aromatic carbocycles. The van der Waals surface area contributed by atoms with Crippen LogP contribution in [0.4, 0.5) is 4.39 Å². The molecule has 0 aromatic heterocycles. The molecule has 5 heteroatoms. The van der Waals surface area contributed by atoms with Crippen molar-refractivity contribution in [3.63, 3.8) is 0 Å². The molecule has 0 saturated carbocycles. The normalized spacial score (nSPS) is 10.0. The van der Waals surface area contributed by atoms with Crippen LogP contribution in [0.25, 0.3) is 0 Å². The third-order valence-electron chi connectivity index (χ3n) is 1.81. The number of hydrogen-bond acceptors (Lipinski definition) is 3. The quantitative estimate of drug-likeness (QED) is 0.769. The highest BCUT2D eigenvalue weighted by molar-refractivity contribution is 5.66. The van der Waals surface area contributed by atoms with Gasteiger partial charge >= 0.3 is 5.97 Å². The molecule has 0 heterocycles. The van der Waals surface area contributed by atoms with E-state index in [9.17, 15) is 9.18 Å². The summed E-state index contributed by atoms with van der Waals surface area (Å²) in [7, 11) is 0. The summed E-state index contributed by atoms with van der Waals surface area (Å²) in [6.45, 7) is 0.209. The van der Waals surface area contributed by atoms with Crippen molar-refractivity contribution in [1.82, 2.24) is 0 Å². The zero-order valence-corrected chi connectivity index (χ0v) is 8.07. The van der Waals surface area contributed by atoms with Crippen LogP contribution in [0.2, 0.25) is 0 Å². The van der Waals surface area contributed by atoms with Crippen LogP contribution in [0.1, 0.15) is 12.0 Å². The first-order valence-electron chi connectivity index (χ1n) is 4.46. The number of hydrogen-bond donors (Lipinski definition) is 2. The Morgan fingerprint density at radius 2 is 2.27 bits per heavy atom. The van der Waals surface area contributed by atoms with Gasteiger partial charge in [-0.2, -0.15) is 0 Å². The fourth-order valence-electron chi connectivity index (χ4n) is 1.04. The first kappa shape index (κ1) is 11.5. The van der Waals surface area contributed by atoms with Gasteiger partial charge in [-0.3, -0.25) is 4.79 Å². The molecule has 0 saturated heterocycles. The molecular formula is C10H12FNO3. The lowest BCUT2D eigenvalue weighted by molar-refractivity contribution is -0.137. The highest BCUT2D eigenvalue weighted by Gasteiger charge is 2.05. The van der Waals surface area contributed by atoms with Crippen molar-refractivity contribution in [2.75, 3.05) is 6.61 Å². The Bertz CT molecular complexity index is 355. The largest absolute Gasteiger partial charge is 0.490 e. The Kier molecular flexibility index (Phi) is 4.05. The second-order valence-electron chi connectivity index (χ2n) is 2.96. The predicted octanol–water partition coefficient (Wildman–Crippen LogP) is 1.14. The van der Waals surface area contributed by atoms with E-state index >= 15 is 0 Å². The lowest BCUT2D eigenvalue weighted by atomic mass is 10.2. The maximum atomic E-state index is 13.2. The third-order valence-corrected chi connectivity index (χ3v) is 1.81. The van der Waals surface area contributed by atoms with Gasteiger partial charge in [0.2, 0.25) is 0 Å². The van der Waals surface area contributed by atoms with E-state index in [-0.39, 0.29) is 25.3 Å². The van der Waals surface area contributed by atoms with E-state index in [1.54, 1.807) is 6.07 Å². The Labute approximate surface area is 86.5 Å². The van der Waals surface area contributed by atoms with E-state index in [1.165, 1.54) is 12.1 Å². The lowest BCUT2D eigenvalue weighted by Gasteiger charge is -2.06. The molecule has 0 aliphatic rings. The van der Waals surface area contributed by atoms with Crippen molar-refractivity contribution in [2.24, 2.45) is 5.73 Å². The van der Waals surface area contributed by atoms with E-state index in [2.05, 4.69) is 0 Å². The van der Waals surface area contributed by atoms with Gasteiger partial charge in [-0.15, -0.1) is 0 Å².